The minimum absolute atomic E-state index is 0.0305. The molecule has 2 aliphatic heterocycles. The third-order valence-electron chi connectivity index (χ3n) is 6.94. The van der Waals surface area contributed by atoms with Gasteiger partial charge in [-0.15, -0.1) is 0 Å². The van der Waals surface area contributed by atoms with E-state index in [4.69, 9.17) is 23.4 Å². The van der Waals surface area contributed by atoms with Crippen molar-refractivity contribution in [3.05, 3.63) is 40.6 Å². The van der Waals surface area contributed by atoms with Gasteiger partial charge in [-0.05, 0) is 18.2 Å². The molecule has 3 heterocycles. The molecule has 3 aromatic rings. The minimum atomic E-state index is -1.96. The van der Waals surface area contributed by atoms with E-state index in [1.165, 1.54) is 6.07 Å². The van der Waals surface area contributed by atoms with Crippen LogP contribution < -0.4 is 10.2 Å². The van der Waals surface area contributed by atoms with Crippen molar-refractivity contribution in [3.63, 3.8) is 0 Å². The van der Waals surface area contributed by atoms with E-state index in [-0.39, 0.29) is 17.8 Å². The Morgan fingerprint density at radius 3 is 2.21 bits per heavy atom. The molecule has 5 rings (SSSR count). The zero-order valence-electron chi connectivity index (χ0n) is 21.4. The van der Waals surface area contributed by atoms with E-state index in [2.05, 4.69) is 0 Å². The van der Waals surface area contributed by atoms with Crippen LogP contribution in [-0.2, 0) is 14.2 Å². The molecule has 16 heteroatoms. The van der Waals surface area contributed by atoms with E-state index in [1.54, 1.807) is 0 Å². The highest BCUT2D eigenvalue weighted by Gasteiger charge is 2.47. The Balaban J connectivity index is 1.48. The lowest BCUT2D eigenvalue weighted by Crippen LogP contribution is -2.61. The van der Waals surface area contributed by atoms with Gasteiger partial charge in [-0.1, -0.05) is 0 Å². The van der Waals surface area contributed by atoms with Gasteiger partial charge in [-0.25, -0.2) is 0 Å². The number of phenolic OH excluding ortho intramolecular Hbond substituents is 4. The number of ether oxygens (including phenoxy) is 4. The Labute approximate surface area is 235 Å². The molecule has 0 spiro atoms. The molecule has 2 saturated heterocycles. The molecule has 2 aliphatic rings. The Bertz CT molecular complexity index is 1510. The lowest BCUT2D eigenvalue weighted by Gasteiger charge is -2.41. The van der Waals surface area contributed by atoms with E-state index < -0.39 is 107 Å². The largest absolute Gasteiger partial charge is 0.508 e. The van der Waals surface area contributed by atoms with Crippen LogP contribution in [0.3, 0.4) is 0 Å². The van der Waals surface area contributed by atoms with Crippen molar-refractivity contribution in [2.45, 2.75) is 55.3 Å². The highest BCUT2D eigenvalue weighted by atomic mass is 16.7. The maximum absolute atomic E-state index is 13.5. The van der Waals surface area contributed by atoms with E-state index in [0.29, 0.717) is 0 Å². The molecule has 10 N–H and O–H groups in total. The van der Waals surface area contributed by atoms with Crippen molar-refractivity contribution in [2.75, 3.05) is 13.2 Å². The predicted octanol–water partition coefficient (Wildman–Crippen LogP) is -2.08. The summed E-state index contributed by atoms with van der Waals surface area (Å²) in [6.07, 6.45) is -15.1. The molecule has 0 aliphatic carbocycles. The molecule has 0 bridgehead atoms. The maximum Gasteiger partial charge on any atom is 0.239 e. The first-order chi connectivity index (χ1) is 19.9. The molecule has 9 atom stereocenters. The molecule has 1 aromatic heterocycles. The van der Waals surface area contributed by atoms with Crippen molar-refractivity contribution < 1.29 is 74.4 Å². The fraction of sp³-hybridized carbons (Fsp3) is 0.423. The highest BCUT2D eigenvalue weighted by Crippen LogP contribution is 2.39. The molecule has 2 aromatic carbocycles. The van der Waals surface area contributed by atoms with Gasteiger partial charge < -0.3 is 74.4 Å². The first-order valence-corrected chi connectivity index (χ1v) is 12.6. The fourth-order valence-corrected chi connectivity index (χ4v) is 4.61. The molecule has 42 heavy (non-hydrogen) atoms. The maximum atomic E-state index is 13.5. The number of rotatable bonds is 6. The quantitative estimate of drug-likeness (QED) is 0.137. The highest BCUT2D eigenvalue weighted by molar-refractivity contribution is 5.88. The zero-order valence-corrected chi connectivity index (χ0v) is 21.4. The number of aromatic hydroxyl groups is 4. The van der Waals surface area contributed by atoms with Gasteiger partial charge in [0.2, 0.25) is 17.5 Å². The van der Waals surface area contributed by atoms with Crippen LogP contribution in [0.15, 0.2) is 39.5 Å². The summed E-state index contributed by atoms with van der Waals surface area (Å²) in [6.45, 7) is -0.970. The van der Waals surface area contributed by atoms with Crippen LogP contribution in [0.5, 0.6) is 28.7 Å². The average molecular weight is 596 g/mol. The van der Waals surface area contributed by atoms with Gasteiger partial charge in [0.05, 0.1) is 13.2 Å². The predicted molar refractivity (Wildman–Crippen MR) is 136 cm³/mol. The normalized spacial score (nSPS) is 31.7. The first-order valence-electron chi connectivity index (χ1n) is 12.6. The van der Waals surface area contributed by atoms with Crippen LogP contribution in [0.1, 0.15) is 0 Å². The van der Waals surface area contributed by atoms with E-state index in [9.17, 15) is 55.9 Å². The average Bonchev–Trinajstić information content (AvgIpc) is 2.94. The Hall–Kier alpha value is -3.71. The lowest BCUT2D eigenvalue weighted by molar-refractivity contribution is -0.307. The molecular formula is C26H28O16. The van der Waals surface area contributed by atoms with Crippen molar-refractivity contribution in [1.29, 1.82) is 0 Å². The van der Waals surface area contributed by atoms with Crippen LogP contribution in [-0.4, -0.2) is 120 Å². The number of aliphatic hydroxyl groups is 6. The Kier molecular flexibility index (Phi) is 8.17. The topological polar surface area (TPSA) is 269 Å². The molecule has 0 amide bonds. The summed E-state index contributed by atoms with van der Waals surface area (Å²) in [5.74, 6) is -3.33. The van der Waals surface area contributed by atoms with Gasteiger partial charge in [0.25, 0.3) is 0 Å². The first kappa shape index (κ1) is 29.8. The monoisotopic (exact) mass is 596 g/mol. The molecule has 0 radical (unpaired) electrons. The Morgan fingerprint density at radius 1 is 0.786 bits per heavy atom. The second kappa shape index (κ2) is 11.5. The summed E-state index contributed by atoms with van der Waals surface area (Å²) in [6, 6.07) is 5.23. The standard InChI is InChI=1S/C26H28O16/c27-9-4-12(30)16-14(5-9)40-23(8-1-2-10(28)11(29)3-8)24(19(16)34)42-26-22(37)20(35)18(33)15(41-26)7-39-25-21(36)17(32)13(31)6-38-25/h1-5,13,15,17-18,20-22,25-33,35-37H,6-7H2/t13-,15+,17-,18-,20-,21+,22+,25-,26-/m0/s1. The number of hydrogen-bond donors (Lipinski definition) is 10. The minimum Gasteiger partial charge on any atom is -0.508 e. The molecule has 0 unspecified atom stereocenters. The summed E-state index contributed by atoms with van der Waals surface area (Å²) in [5, 5.41) is 101. The third-order valence-corrected chi connectivity index (χ3v) is 6.94. The molecular weight excluding hydrogens is 568 g/mol. The fourth-order valence-electron chi connectivity index (χ4n) is 4.61. The summed E-state index contributed by atoms with van der Waals surface area (Å²) in [5.41, 5.74) is -1.35. The number of fused-ring (bicyclic) bond motifs is 1. The van der Waals surface area contributed by atoms with Gasteiger partial charge in [0.1, 0.15) is 65.2 Å². The van der Waals surface area contributed by atoms with Gasteiger partial charge in [0, 0.05) is 17.7 Å². The van der Waals surface area contributed by atoms with Crippen LogP contribution >= 0.6 is 0 Å². The third kappa shape index (κ3) is 5.42. The van der Waals surface area contributed by atoms with Gasteiger partial charge in [0.15, 0.2) is 23.5 Å². The van der Waals surface area contributed by atoms with Gasteiger partial charge >= 0.3 is 0 Å². The SMILES string of the molecule is O=c1c(O[C@@H]2O[C@H](CO[C@@H]3OC[C@H](O)[C@H](O)[C@H]3O)[C@H](O)[C@H](O)[C@H]2O)c(-c2ccc(O)c(O)c2)oc2cc(O)cc(O)c12. The molecule has 228 valence electrons. The zero-order chi connectivity index (χ0) is 30.5. The lowest BCUT2D eigenvalue weighted by atomic mass is 9.99. The second-order valence-electron chi connectivity index (χ2n) is 9.85. The summed E-state index contributed by atoms with van der Waals surface area (Å²) in [7, 11) is 0. The molecule has 0 saturated carbocycles. The number of benzene rings is 2. The van der Waals surface area contributed by atoms with Crippen molar-refractivity contribution in [2.24, 2.45) is 0 Å². The van der Waals surface area contributed by atoms with Gasteiger partial charge in [-0.3, -0.25) is 4.79 Å². The van der Waals surface area contributed by atoms with Crippen LogP contribution in [0.4, 0.5) is 0 Å². The second-order valence-corrected chi connectivity index (χ2v) is 9.85. The van der Waals surface area contributed by atoms with E-state index in [0.717, 1.165) is 24.3 Å². The van der Waals surface area contributed by atoms with E-state index >= 15 is 0 Å². The molecule has 2 fully saturated rings. The van der Waals surface area contributed by atoms with Gasteiger partial charge in [-0.2, -0.15) is 0 Å². The van der Waals surface area contributed by atoms with Crippen LogP contribution in [0, 0.1) is 0 Å². The van der Waals surface area contributed by atoms with Crippen molar-refractivity contribution in [3.8, 4) is 40.1 Å². The van der Waals surface area contributed by atoms with Crippen LogP contribution in [0.2, 0.25) is 0 Å². The van der Waals surface area contributed by atoms with Crippen molar-refractivity contribution >= 4 is 11.0 Å². The summed E-state index contributed by atoms with van der Waals surface area (Å²) in [4.78, 5) is 13.5. The summed E-state index contributed by atoms with van der Waals surface area (Å²) < 4.78 is 27.5. The number of hydrogen-bond acceptors (Lipinski definition) is 16. The molecule has 16 nitrogen and oxygen atoms in total. The number of aliphatic hydroxyl groups excluding tert-OH is 6. The van der Waals surface area contributed by atoms with Crippen molar-refractivity contribution in [1.82, 2.24) is 0 Å². The number of phenols is 4. The van der Waals surface area contributed by atoms with Crippen LogP contribution in [0.25, 0.3) is 22.3 Å². The Morgan fingerprint density at radius 2 is 1.50 bits per heavy atom. The van der Waals surface area contributed by atoms with E-state index in [1.807, 2.05) is 0 Å². The smallest absolute Gasteiger partial charge is 0.239 e. The summed E-state index contributed by atoms with van der Waals surface area (Å²) >= 11 is 0.